The van der Waals surface area contributed by atoms with Gasteiger partial charge in [-0.1, -0.05) is 28.1 Å². The van der Waals surface area contributed by atoms with E-state index in [-0.39, 0.29) is 5.91 Å². The SMILES string of the molecule is Cc1cc(C)c(NC(=O)c2cccc(Br)c2)cc1N. The lowest BCUT2D eigenvalue weighted by Crippen LogP contribution is -2.13. The van der Waals surface area contributed by atoms with E-state index in [0.717, 1.165) is 21.3 Å². The Morgan fingerprint density at radius 2 is 1.89 bits per heavy atom. The van der Waals surface area contributed by atoms with Crippen molar-refractivity contribution in [3.05, 3.63) is 57.6 Å². The minimum absolute atomic E-state index is 0.146. The summed E-state index contributed by atoms with van der Waals surface area (Å²) in [4.78, 5) is 12.1. The van der Waals surface area contributed by atoms with Gasteiger partial charge in [0.25, 0.3) is 5.91 Å². The van der Waals surface area contributed by atoms with Gasteiger partial charge in [0.05, 0.1) is 0 Å². The van der Waals surface area contributed by atoms with Crippen LogP contribution in [-0.4, -0.2) is 5.91 Å². The first-order chi connectivity index (χ1) is 8.97. The van der Waals surface area contributed by atoms with Crippen molar-refractivity contribution in [3.63, 3.8) is 0 Å². The topological polar surface area (TPSA) is 55.1 Å². The maximum atomic E-state index is 12.1. The lowest BCUT2D eigenvalue weighted by molar-refractivity contribution is 0.102. The summed E-state index contributed by atoms with van der Waals surface area (Å²) < 4.78 is 0.875. The second kappa shape index (κ2) is 5.45. The van der Waals surface area contributed by atoms with Crippen molar-refractivity contribution >= 4 is 33.2 Å². The summed E-state index contributed by atoms with van der Waals surface area (Å²) in [6.45, 7) is 3.89. The van der Waals surface area contributed by atoms with Crippen molar-refractivity contribution < 1.29 is 4.79 Å². The zero-order valence-electron chi connectivity index (χ0n) is 10.8. The van der Waals surface area contributed by atoms with Crippen molar-refractivity contribution in [3.8, 4) is 0 Å². The molecule has 0 spiro atoms. The summed E-state index contributed by atoms with van der Waals surface area (Å²) in [5, 5.41) is 2.88. The monoisotopic (exact) mass is 318 g/mol. The molecule has 2 aromatic carbocycles. The number of anilines is 2. The van der Waals surface area contributed by atoms with E-state index in [1.165, 1.54) is 0 Å². The molecular weight excluding hydrogens is 304 g/mol. The molecule has 2 rings (SSSR count). The smallest absolute Gasteiger partial charge is 0.255 e. The van der Waals surface area contributed by atoms with E-state index in [0.29, 0.717) is 11.3 Å². The largest absolute Gasteiger partial charge is 0.398 e. The number of hydrogen-bond acceptors (Lipinski definition) is 2. The molecule has 0 fully saturated rings. The standard InChI is InChI=1S/C15H15BrN2O/c1-9-6-10(2)14(8-13(9)17)18-15(19)11-4-3-5-12(16)7-11/h3-8H,17H2,1-2H3,(H,18,19). The van der Waals surface area contributed by atoms with Crippen LogP contribution in [0.1, 0.15) is 21.5 Å². The minimum atomic E-state index is -0.146. The molecule has 0 aliphatic heterocycles. The van der Waals surface area contributed by atoms with Gasteiger partial charge in [-0.05, 0) is 49.2 Å². The van der Waals surface area contributed by atoms with Gasteiger partial charge < -0.3 is 11.1 Å². The number of aryl methyl sites for hydroxylation is 2. The average Bonchev–Trinajstić information content (AvgIpc) is 2.36. The molecule has 0 bridgehead atoms. The van der Waals surface area contributed by atoms with Gasteiger partial charge in [0.2, 0.25) is 0 Å². The van der Waals surface area contributed by atoms with Crippen LogP contribution < -0.4 is 11.1 Å². The first-order valence-corrected chi connectivity index (χ1v) is 6.70. The molecule has 0 atom stereocenters. The first kappa shape index (κ1) is 13.6. The Kier molecular flexibility index (Phi) is 3.90. The fourth-order valence-corrected chi connectivity index (χ4v) is 2.23. The van der Waals surface area contributed by atoms with Gasteiger partial charge >= 0.3 is 0 Å². The normalized spacial score (nSPS) is 10.3. The Balaban J connectivity index is 2.27. The molecule has 1 amide bonds. The van der Waals surface area contributed by atoms with Gasteiger partial charge in [0.15, 0.2) is 0 Å². The third kappa shape index (κ3) is 3.15. The van der Waals surface area contributed by atoms with E-state index in [9.17, 15) is 4.79 Å². The number of rotatable bonds is 2. The molecule has 0 aliphatic carbocycles. The molecule has 0 aliphatic rings. The fourth-order valence-electron chi connectivity index (χ4n) is 1.83. The quantitative estimate of drug-likeness (QED) is 0.825. The van der Waals surface area contributed by atoms with Crippen molar-refractivity contribution in [1.82, 2.24) is 0 Å². The highest BCUT2D eigenvalue weighted by molar-refractivity contribution is 9.10. The predicted octanol–water partition coefficient (Wildman–Crippen LogP) is 3.90. The number of nitrogen functional groups attached to an aromatic ring is 1. The zero-order chi connectivity index (χ0) is 14.0. The molecule has 98 valence electrons. The van der Waals surface area contributed by atoms with Crippen molar-refractivity contribution in [2.75, 3.05) is 11.1 Å². The van der Waals surface area contributed by atoms with Gasteiger partial charge in [-0.25, -0.2) is 0 Å². The van der Waals surface area contributed by atoms with Crippen molar-refractivity contribution in [2.24, 2.45) is 0 Å². The number of amides is 1. The van der Waals surface area contributed by atoms with Crippen LogP contribution in [0.25, 0.3) is 0 Å². The number of halogens is 1. The Labute approximate surface area is 121 Å². The van der Waals surface area contributed by atoms with Gasteiger partial charge in [0.1, 0.15) is 0 Å². The number of hydrogen-bond donors (Lipinski definition) is 2. The first-order valence-electron chi connectivity index (χ1n) is 5.91. The maximum Gasteiger partial charge on any atom is 0.255 e. The second-order valence-electron chi connectivity index (χ2n) is 4.49. The zero-order valence-corrected chi connectivity index (χ0v) is 12.4. The average molecular weight is 319 g/mol. The highest BCUT2D eigenvalue weighted by Gasteiger charge is 2.09. The van der Waals surface area contributed by atoms with E-state index in [1.54, 1.807) is 18.2 Å². The molecule has 0 aromatic heterocycles. The summed E-state index contributed by atoms with van der Waals surface area (Å²) in [5.41, 5.74) is 9.90. The summed E-state index contributed by atoms with van der Waals surface area (Å²) in [5.74, 6) is -0.146. The van der Waals surface area contributed by atoms with Gasteiger partial charge in [-0.15, -0.1) is 0 Å². The molecule has 0 radical (unpaired) electrons. The lowest BCUT2D eigenvalue weighted by Gasteiger charge is -2.11. The Morgan fingerprint density at radius 3 is 2.58 bits per heavy atom. The molecule has 4 heteroatoms. The number of benzene rings is 2. The third-order valence-corrected chi connectivity index (χ3v) is 3.44. The minimum Gasteiger partial charge on any atom is -0.398 e. The van der Waals surface area contributed by atoms with Crippen LogP contribution in [0.5, 0.6) is 0 Å². The Hall–Kier alpha value is -1.81. The van der Waals surface area contributed by atoms with E-state index < -0.39 is 0 Å². The Morgan fingerprint density at radius 1 is 1.16 bits per heavy atom. The maximum absolute atomic E-state index is 12.1. The second-order valence-corrected chi connectivity index (χ2v) is 5.40. The van der Waals surface area contributed by atoms with Gasteiger partial charge in [-0.2, -0.15) is 0 Å². The summed E-state index contributed by atoms with van der Waals surface area (Å²) in [7, 11) is 0. The fraction of sp³-hybridized carbons (Fsp3) is 0.133. The molecule has 3 N–H and O–H groups in total. The van der Waals surface area contributed by atoms with Crippen LogP contribution in [0.2, 0.25) is 0 Å². The molecule has 0 unspecified atom stereocenters. The molecule has 3 nitrogen and oxygen atoms in total. The van der Waals surface area contributed by atoms with Crippen LogP contribution in [0.4, 0.5) is 11.4 Å². The summed E-state index contributed by atoms with van der Waals surface area (Å²) in [6, 6.07) is 11.0. The van der Waals surface area contributed by atoms with E-state index in [4.69, 9.17) is 5.73 Å². The number of carbonyl (C=O) groups excluding carboxylic acids is 1. The van der Waals surface area contributed by atoms with Crippen LogP contribution >= 0.6 is 15.9 Å². The van der Waals surface area contributed by atoms with Crippen LogP contribution in [0.3, 0.4) is 0 Å². The number of nitrogens with one attached hydrogen (secondary N) is 1. The number of nitrogens with two attached hydrogens (primary N) is 1. The highest BCUT2D eigenvalue weighted by atomic mass is 79.9. The number of carbonyl (C=O) groups is 1. The third-order valence-electron chi connectivity index (χ3n) is 2.95. The molecular formula is C15H15BrN2O. The lowest BCUT2D eigenvalue weighted by atomic mass is 10.1. The summed E-state index contributed by atoms with van der Waals surface area (Å²) in [6.07, 6.45) is 0. The van der Waals surface area contributed by atoms with Crippen molar-refractivity contribution in [2.45, 2.75) is 13.8 Å². The van der Waals surface area contributed by atoms with Crippen LogP contribution in [-0.2, 0) is 0 Å². The molecule has 19 heavy (non-hydrogen) atoms. The summed E-state index contributed by atoms with van der Waals surface area (Å²) >= 11 is 3.35. The van der Waals surface area contributed by atoms with E-state index >= 15 is 0 Å². The van der Waals surface area contributed by atoms with E-state index in [2.05, 4.69) is 21.2 Å². The Bertz CT molecular complexity index is 638. The van der Waals surface area contributed by atoms with Crippen molar-refractivity contribution in [1.29, 1.82) is 0 Å². The molecule has 0 saturated heterocycles. The molecule has 0 saturated carbocycles. The van der Waals surface area contributed by atoms with Crippen LogP contribution in [0.15, 0.2) is 40.9 Å². The van der Waals surface area contributed by atoms with Gasteiger partial charge in [0, 0.05) is 21.4 Å². The highest BCUT2D eigenvalue weighted by Crippen LogP contribution is 2.23. The van der Waals surface area contributed by atoms with Crippen LogP contribution in [0, 0.1) is 13.8 Å². The van der Waals surface area contributed by atoms with Gasteiger partial charge in [-0.3, -0.25) is 4.79 Å². The van der Waals surface area contributed by atoms with E-state index in [1.807, 2.05) is 32.0 Å². The molecule has 2 aromatic rings. The molecule has 0 heterocycles. The predicted molar refractivity (Wildman–Crippen MR) is 82.4 cm³/mol.